The highest BCUT2D eigenvalue weighted by atomic mass is 32.2. The molecule has 6 nitrogen and oxygen atoms in total. The van der Waals surface area contributed by atoms with Crippen LogP contribution in [0.2, 0.25) is 0 Å². The van der Waals surface area contributed by atoms with Gasteiger partial charge in [0.05, 0.1) is 0 Å². The lowest BCUT2D eigenvalue weighted by molar-refractivity contribution is -0.137. The van der Waals surface area contributed by atoms with Gasteiger partial charge in [-0.25, -0.2) is 0 Å². The van der Waals surface area contributed by atoms with Crippen molar-refractivity contribution in [3.63, 3.8) is 0 Å². The second kappa shape index (κ2) is 17.0. The molecule has 0 fully saturated rings. The molecule has 1 aliphatic rings. The first-order chi connectivity index (χ1) is 15.4. The van der Waals surface area contributed by atoms with E-state index in [0.717, 1.165) is 35.8 Å². The Kier molecular flexibility index (Phi) is 15.2. The largest absolute Gasteiger partial charge is 0.480 e. The van der Waals surface area contributed by atoms with E-state index in [1.54, 1.807) is 6.08 Å². The van der Waals surface area contributed by atoms with Gasteiger partial charge in [-0.05, 0) is 30.5 Å². The highest BCUT2D eigenvalue weighted by molar-refractivity contribution is 7.99. The number of unbranched alkanes of at least 4 members (excludes halogenated alkanes) is 5. The molecule has 8 heteroatoms. The van der Waals surface area contributed by atoms with E-state index in [0.29, 0.717) is 12.5 Å². The minimum atomic E-state index is -0.948. The minimum Gasteiger partial charge on any atom is -0.480 e. The van der Waals surface area contributed by atoms with E-state index in [1.165, 1.54) is 49.4 Å². The summed E-state index contributed by atoms with van der Waals surface area (Å²) in [6.45, 7) is 8.11. The Morgan fingerprint density at radius 2 is 1.94 bits per heavy atom. The van der Waals surface area contributed by atoms with Crippen molar-refractivity contribution >= 4 is 28.5 Å². The third-order valence-electron chi connectivity index (χ3n) is 4.96. The summed E-state index contributed by atoms with van der Waals surface area (Å²) < 4.78 is 23.0. The molecule has 0 amide bonds. The van der Waals surface area contributed by atoms with Crippen molar-refractivity contribution in [3.8, 4) is 11.5 Å². The lowest BCUT2D eigenvalue weighted by atomic mass is 10.1. The maximum atomic E-state index is 12.3. The quantitative estimate of drug-likeness (QED) is 0.273. The van der Waals surface area contributed by atoms with Crippen molar-refractivity contribution in [2.45, 2.75) is 70.1 Å². The van der Waals surface area contributed by atoms with Gasteiger partial charge >= 0.3 is 5.97 Å². The zero-order chi connectivity index (χ0) is 23.8. The number of thioether (sulfide) groups is 1. The molecule has 1 aromatic carbocycles. The van der Waals surface area contributed by atoms with Gasteiger partial charge in [-0.15, -0.1) is 6.58 Å². The monoisotopic (exact) mass is 485 g/mol. The average Bonchev–Trinajstić information content (AvgIpc) is 3.24. The Morgan fingerprint density at radius 1 is 1.25 bits per heavy atom. The predicted octanol–water partition coefficient (Wildman–Crippen LogP) is 4.77. The molecule has 1 aromatic rings. The van der Waals surface area contributed by atoms with E-state index < -0.39 is 22.8 Å². The van der Waals surface area contributed by atoms with Crippen molar-refractivity contribution in [1.29, 1.82) is 0 Å². The van der Waals surface area contributed by atoms with Gasteiger partial charge in [0.15, 0.2) is 11.5 Å². The normalized spacial score (nSPS) is 14.7. The van der Waals surface area contributed by atoms with Crippen LogP contribution >= 0.6 is 11.8 Å². The number of carboxylic acid groups (broad SMARTS) is 1. The molecule has 3 N–H and O–H groups in total. The molecule has 3 unspecified atom stereocenters. The van der Waals surface area contributed by atoms with Crippen LogP contribution in [0.1, 0.15) is 57.9 Å². The molecule has 0 radical (unpaired) electrons. The summed E-state index contributed by atoms with van der Waals surface area (Å²) in [6, 6.07) is 5.26. The minimum absolute atomic E-state index is 0.191. The lowest BCUT2D eigenvalue weighted by Gasteiger charge is -2.12. The number of aliphatic carboxylic acids is 1. The predicted molar refractivity (Wildman–Crippen MR) is 135 cm³/mol. The van der Waals surface area contributed by atoms with Gasteiger partial charge in [0.1, 0.15) is 6.04 Å². The van der Waals surface area contributed by atoms with Gasteiger partial charge in [-0.3, -0.25) is 9.00 Å². The number of fused-ring (bicyclic) bond motifs is 1. The van der Waals surface area contributed by atoms with Crippen molar-refractivity contribution in [2.75, 3.05) is 24.1 Å². The van der Waals surface area contributed by atoms with E-state index >= 15 is 0 Å². The molecular weight excluding hydrogens is 446 g/mol. The summed E-state index contributed by atoms with van der Waals surface area (Å²) in [5.74, 6) is 2.70. The van der Waals surface area contributed by atoms with E-state index in [9.17, 15) is 9.00 Å². The van der Waals surface area contributed by atoms with Crippen LogP contribution in [0.5, 0.6) is 11.5 Å². The number of benzene rings is 1. The highest BCUT2D eigenvalue weighted by Crippen LogP contribution is 2.33. The van der Waals surface area contributed by atoms with E-state index in [-0.39, 0.29) is 5.25 Å². The Balaban J connectivity index is 0.000000433. The van der Waals surface area contributed by atoms with Crippen LogP contribution in [-0.2, 0) is 22.0 Å². The van der Waals surface area contributed by atoms with Crippen LogP contribution in [0.15, 0.2) is 30.9 Å². The van der Waals surface area contributed by atoms with Gasteiger partial charge < -0.3 is 20.3 Å². The third-order valence-corrected chi connectivity index (χ3v) is 7.78. The highest BCUT2D eigenvalue weighted by Gasteiger charge is 2.16. The fraction of sp³-hybridized carbons (Fsp3) is 0.625. The summed E-state index contributed by atoms with van der Waals surface area (Å²) in [4.78, 5) is 10.1. The molecule has 0 saturated carbocycles. The number of rotatable bonds is 15. The number of ether oxygens (including phenoxy) is 2. The average molecular weight is 486 g/mol. The molecule has 0 aliphatic carbocycles. The summed E-state index contributed by atoms with van der Waals surface area (Å²) in [7, 11) is -0.743. The Hall–Kier alpha value is -1.51. The lowest BCUT2D eigenvalue weighted by Crippen LogP contribution is -2.32. The first-order valence-corrected chi connectivity index (χ1v) is 13.8. The van der Waals surface area contributed by atoms with E-state index in [2.05, 4.69) is 20.4 Å². The molecule has 0 saturated heterocycles. The first kappa shape index (κ1) is 28.5. The van der Waals surface area contributed by atoms with Crippen LogP contribution in [0.3, 0.4) is 0 Å². The number of hydrogen-bond donors (Lipinski definition) is 2. The standard InChI is InChI=1S/C18H28O3S.C6H11NO2S/c1-3-4-5-6-7-8-11-22(19)15(2)12-16-9-10-17-18(13-16)21-14-20-17;1-2-3-10-4-5(7)6(8)9/h9-10,13,15H,3-8,11-12,14H2,1-2H3;2,5H,1,3-4,7H2,(H,8,9). The second-order valence-corrected chi connectivity index (χ2v) is 10.9. The van der Waals surface area contributed by atoms with Crippen LogP contribution in [-0.4, -0.2) is 50.6 Å². The topological polar surface area (TPSA) is 98.9 Å². The van der Waals surface area contributed by atoms with Crippen molar-refractivity contribution in [2.24, 2.45) is 5.73 Å². The van der Waals surface area contributed by atoms with E-state index in [4.69, 9.17) is 20.3 Å². The number of nitrogens with two attached hydrogens (primary N) is 1. The molecule has 3 atom stereocenters. The molecular formula is C24H39NO5S2. The molecule has 182 valence electrons. The van der Waals surface area contributed by atoms with Crippen LogP contribution < -0.4 is 15.2 Å². The Morgan fingerprint density at radius 3 is 2.62 bits per heavy atom. The van der Waals surface area contributed by atoms with Crippen molar-refractivity contribution < 1.29 is 23.6 Å². The smallest absolute Gasteiger partial charge is 0.321 e. The van der Waals surface area contributed by atoms with Gasteiger partial charge in [-0.1, -0.05) is 58.1 Å². The van der Waals surface area contributed by atoms with E-state index in [1.807, 2.05) is 18.2 Å². The Bertz CT molecular complexity index is 714. The SMILES string of the molecule is C=CCSCC(N)C(=O)O.CCCCCCCCS(=O)C(C)Cc1ccc2c(c1)OCO2. The van der Waals surface area contributed by atoms with Gasteiger partial charge in [0.25, 0.3) is 0 Å². The second-order valence-electron chi connectivity index (χ2n) is 7.83. The fourth-order valence-corrected chi connectivity index (χ4v) is 5.04. The number of hydrogen-bond acceptors (Lipinski definition) is 6. The molecule has 32 heavy (non-hydrogen) atoms. The molecule has 2 rings (SSSR count). The summed E-state index contributed by atoms with van der Waals surface area (Å²) in [5.41, 5.74) is 6.38. The van der Waals surface area contributed by atoms with Gasteiger partial charge in [-0.2, -0.15) is 11.8 Å². The van der Waals surface area contributed by atoms with Crippen LogP contribution in [0.25, 0.3) is 0 Å². The van der Waals surface area contributed by atoms with Crippen LogP contribution in [0, 0.1) is 0 Å². The van der Waals surface area contributed by atoms with Gasteiger partial charge in [0.2, 0.25) is 6.79 Å². The van der Waals surface area contributed by atoms with Crippen LogP contribution in [0.4, 0.5) is 0 Å². The molecule has 1 heterocycles. The third kappa shape index (κ3) is 11.9. The fourth-order valence-electron chi connectivity index (χ4n) is 3.07. The molecule has 0 bridgehead atoms. The summed E-state index contributed by atoms with van der Waals surface area (Å²) in [6.07, 6.45) is 10.0. The maximum Gasteiger partial charge on any atom is 0.321 e. The first-order valence-electron chi connectivity index (χ1n) is 11.3. The molecule has 1 aliphatic heterocycles. The number of carbonyl (C=O) groups is 1. The van der Waals surface area contributed by atoms with Crippen molar-refractivity contribution in [1.82, 2.24) is 0 Å². The molecule has 0 aromatic heterocycles. The van der Waals surface area contributed by atoms with Crippen molar-refractivity contribution in [3.05, 3.63) is 36.4 Å². The molecule has 0 spiro atoms. The zero-order valence-corrected chi connectivity index (χ0v) is 21.1. The zero-order valence-electron chi connectivity index (χ0n) is 19.4. The van der Waals surface area contributed by atoms with Gasteiger partial charge in [0, 0.05) is 33.3 Å². The maximum absolute atomic E-state index is 12.3. The summed E-state index contributed by atoms with van der Waals surface area (Å²) in [5, 5.41) is 8.51. The summed E-state index contributed by atoms with van der Waals surface area (Å²) >= 11 is 1.47. The number of carboxylic acids is 1. The Labute approximate surface area is 199 Å².